The van der Waals surface area contributed by atoms with E-state index in [1.165, 1.54) is 18.4 Å². The average Bonchev–Trinajstić information content (AvgIpc) is 3.39. The lowest BCUT2D eigenvalue weighted by atomic mass is 9.95. The van der Waals surface area contributed by atoms with E-state index in [4.69, 9.17) is 0 Å². The van der Waals surface area contributed by atoms with Crippen LogP contribution in [0.1, 0.15) is 40.4 Å². The van der Waals surface area contributed by atoms with Gasteiger partial charge in [0.05, 0.1) is 5.52 Å². The predicted molar refractivity (Wildman–Crippen MR) is 90.9 cm³/mol. The molecule has 0 atom stereocenters. The number of aromatic nitrogens is 1. The molecular formula is C20H17NO2. The van der Waals surface area contributed by atoms with Crippen LogP contribution in [0.5, 0.6) is 0 Å². The summed E-state index contributed by atoms with van der Waals surface area (Å²) < 4.78 is 0. The number of carboxylic acid groups (broad SMARTS) is 1. The van der Waals surface area contributed by atoms with Crippen LogP contribution in [0.3, 0.4) is 0 Å². The Morgan fingerprint density at radius 3 is 2.52 bits per heavy atom. The van der Waals surface area contributed by atoms with Crippen molar-refractivity contribution in [2.75, 3.05) is 0 Å². The smallest absolute Gasteiger partial charge is 0.354 e. The van der Waals surface area contributed by atoms with Gasteiger partial charge in [-0.1, -0.05) is 30.3 Å². The van der Waals surface area contributed by atoms with Crippen LogP contribution in [0, 0.1) is 6.92 Å². The number of hydrogen-bond donors (Lipinski definition) is 1. The molecule has 0 amide bonds. The fourth-order valence-electron chi connectivity index (χ4n) is 3.11. The highest BCUT2D eigenvalue weighted by Gasteiger charge is 2.25. The normalized spacial score (nSPS) is 14.1. The molecule has 0 radical (unpaired) electrons. The van der Waals surface area contributed by atoms with E-state index < -0.39 is 5.97 Å². The highest BCUT2D eigenvalue weighted by atomic mass is 16.4. The van der Waals surface area contributed by atoms with Crippen LogP contribution in [0.25, 0.3) is 22.0 Å². The lowest BCUT2D eigenvalue weighted by molar-refractivity contribution is 0.0691. The highest BCUT2D eigenvalue weighted by Crippen LogP contribution is 2.43. The van der Waals surface area contributed by atoms with Crippen LogP contribution >= 0.6 is 0 Å². The van der Waals surface area contributed by atoms with Gasteiger partial charge < -0.3 is 5.11 Å². The van der Waals surface area contributed by atoms with Crippen molar-refractivity contribution < 1.29 is 9.90 Å². The summed E-state index contributed by atoms with van der Waals surface area (Å²) in [5, 5.41) is 10.4. The Morgan fingerprint density at radius 1 is 1.13 bits per heavy atom. The number of benzene rings is 2. The molecular weight excluding hydrogens is 286 g/mol. The first-order valence-corrected chi connectivity index (χ1v) is 7.87. The van der Waals surface area contributed by atoms with Gasteiger partial charge in [0, 0.05) is 10.9 Å². The molecule has 2 aromatic carbocycles. The van der Waals surface area contributed by atoms with Gasteiger partial charge in [0.1, 0.15) is 5.69 Å². The Kier molecular flexibility index (Phi) is 3.15. The zero-order valence-electron chi connectivity index (χ0n) is 12.9. The minimum Gasteiger partial charge on any atom is -0.477 e. The Balaban J connectivity index is 2.06. The second kappa shape index (κ2) is 5.20. The van der Waals surface area contributed by atoms with Gasteiger partial charge in [-0.25, -0.2) is 9.78 Å². The van der Waals surface area contributed by atoms with E-state index >= 15 is 0 Å². The number of carboxylic acids is 1. The number of nitrogens with zero attached hydrogens (tertiary/aromatic N) is 1. The van der Waals surface area contributed by atoms with Crippen molar-refractivity contribution in [1.29, 1.82) is 0 Å². The summed E-state index contributed by atoms with van der Waals surface area (Å²) in [5.74, 6) is -0.347. The number of hydrogen-bond acceptors (Lipinski definition) is 2. The maximum atomic E-state index is 11.4. The summed E-state index contributed by atoms with van der Waals surface area (Å²) in [7, 11) is 0. The fraction of sp³-hybridized carbons (Fsp3) is 0.200. The fourth-order valence-corrected chi connectivity index (χ4v) is 3.11. The Hall–Kier alpha value is -2.68. The summed E-state index contributed by atoms with van der Waals surface area (Å²) in [6.45, 7) is 1.96. The first-order valence-electron chi connectivity index (χ1n) is 7.87. The van der Waals surface area contributed by atoms with Gasteiger partial charge in [0.25, 0.3) is 0 Å². The van der Waals surface area contributed by atoms with Crippen LogP contribution in [0.2, 0.25) is 0 Å². The molecule has 1 N–H and O–H groups in total. The first-order chi connectivity index (χ1) is 11.1. The van der Waals surface area contributed by atoms with Gasteiger partial charge in [-0.3, -0.25) is 0 Å². The third-order valence-electron chi connectivity index (χ3n) is 4.50. The molecule has 1 saturated carbocycles. The van der Waals surface area contributed by atoms with E-state index in [0.717, 1.165) is 27.6 Å². The van der Waals surface area contributed by atoms with Crippen LogP contribution in [-0.2, 0) is 0 Å². The van der Waals surface area contributed by atoms with Crippen molar-refractivity contribution >= 4 is 16.9 Å². The molecule has 0 aliphatic heterocycles. The number of aromatic carboxylic acids is 1. The first kappa shape index (κ1) is 13.9. The Bertz CT molecular complexity index is 912. The Morgan fingerprint density at radius 2 is 1.87 bits per heavy atom. The molecule has 0 bridgehead atoms. The minimum atomic E-state index is -0.986. The van der Waals surface area contributed by atoms with Crippen LogP contribution in [0.4, 0.5) is 0 Å². The molecule has 0 saturated heterocycles. The summed E-state index contributed by atoms with van der Waals surface area (Å²) >= 11 is 0. The number of rotatable bonds is 3. The van der Waals surface area contributed by atoms with E-state index in [9.17, 15) is 9.90 Å². The Labute approximate surface area is 134 Å². The minimum absolute atomic E-state index is 0.103. The maximum Gasteiger partial charge on any atom is 0.354 e. The van der Waals surface area contributed by atoms with E-state index in [1.54, 1.807) is 6.07 Å². The molecule has 4 rings (SSSR count). The zero-order chi connectivity index (χ0) is 16.0. The van der Waals surface area contributed by atoms with E-state index in [1.807, 2.05) is 25.1 Å². The standard InChI is InChI=1S/C20H17NO2/c1-12-9-18(20(22)23)21-19-16(12)10-15(13-7-8-13)11-17(19)14-5-3-2-4-6-14/h2-6,9-11,13H,7-8H2,1H3,(H,22,23). The van der Waals surface area contributed by atoms with Crippen molar-refractivity contribution in [3.63, 3.8) is 0 Å². The van der Waals surface area contributed by atoms with Gasteiger partial charge in [0.2, 0.25) is 0 Å². The van der Waals surface area contributed by atoms with Crippen molar-refractivity contribution in [1.82, 2.24) is 4.98 Å². The van der Waals surface area contributed by atoms with Crippen LogP contribution in [-0.4, -0.2) is 16.1 Å². The van der Waals surface area contributed by atoms with Gasteiger partial charge in [-0.15, -0.1) is 0 Å². The summed E-state index contributed by atoms with van der Waals surface area (Å²) in [5.41, 5.74) is 5.28. The molecule has 1 aromatic heterocycles. The molecule has 1 aliphatic carbocycles. The van der Waals surface area contributed by atoms with Gasteiger partial charge in [-0.2, -0.15) is 0 Å². The second-order valence-corrected chi connectivity index (χ2v) is 6.23. The third kappa shape index (κ3) is 2.48. The van der Waals surface area contributed by atoms with Gasteiger partial charge >= 0.3 is 5.97 Å². The monoisotopic (exact) mass is 303 g/mol. The molecule has 114 valence electrons. The summed E-state index contributed by atoms with van der Waals surface area (Å²) in [4.78, 5) is 15.8. The SMILES string of the molecule is Cc1cc(C(=O)O)nc2c(-c3ccccc3)cc(C3CC3)cc12. The molecule has 3 heteroatoms. The molecule has 0 spiro atoms. The molecule has 23 heavy (non-hydrogen) atoms. The molecule has 1 fully saturated rings. The third-order valence-corrected chi connectivity index (χ3v) is 4.50. The lowest BCUT2D eigenvalue weighted by Crippen LogP contribution is -2.02. The van der Waals surface area contributed by atoms with Crippen molar-refractivity contribution in [2.45, 2.75) is 25.7 Å². The molecule has 3 nitrogen and oxygen atoms in total. The predicted octanol–water partition coefficient (Wildman–Crippen LogP) is 4.79. The number of aryl methyl sites for hydroxylation is 1. The van der Waals surface area contributed by atoms with Crippen molar-refractivity contribution in [3.05, 3.63) is 65.4 Å². The van der Waals surface area contributed by atoms with Crippen molar-refractivity contribution in [3.8, 4) is 11.1 Å². The maximum absolute atomic E-state index is 11.4. The molecule has 1 heterocycles. The van der Waals surface area contributed by atoms with Crippen LogP contribution in [0.15, 0.2) is 48.5 Å². The van der Waals surface area contributed by atoms with Crippen LogP contribution < -0.4 is 0 Å². The largest absolute Gasteiger partial charge is 0.477 e. The van der Waals surface area contributed by atoms with Crippen molar-refractivity contribution in [2.24, 2.45) is 0 Å². The number of carbonyl (C=O) groups is 1. The number of pyridine rings is 1. The van der Waals surface area contributed by atoms with E-state index in [-0.39, 0.29) is 5.69 Å². The van der Waals surface area contributed by atoms with E-state index in [0.29, 0.717) is 5.92 Å². The van der Waals surface area contributed by atoms with E-state index in [2.05, 4.69) is 29.2 Å². The highest BCUT2D eigenvalue weighted by molar-refractivity contribution is 5.99. The van der Waals surface area contributed by atoms with Gasteiger partial charge in [-0.05, 0) is 60.6 Å². The lowest BCUT2D eigenvalue weighted by Gasteiger charge is -2.12. The zero-order valence-corrected chi connectivity index (χ0v) is 12.9. The quantitative estimate of drug-likeness (QED) is 0.757. The van der Waals surface area contributed by atoms with Gasteiger partial charge in [0.15, 0.2) is 0 Å². The molecule has 1 aliphatic rings. The summed E-state index contributed by atoms with van der Waals surface area (Å²) in [6, 6.07) is 16.1. The number of fused-ring (bicyclic) bond motifs is 1. The average molecular weight is 303 g/mol. The molecule has 0 unspecified atom stereocenters. The molecule has 3 aromatic rings. The second-order valence-electron chi connectivity index (χ2n) is 6.23. The topological polar surface area (TPSA) is 50.2 Å². The summed E-state index contributed by atoms with van der Waals surface area (Å²) in [6.07, 6.45) is 2.47.